The number of nitro benzene ring substituents is 1. The van der Waals surface area contributed by atoms with Gasteiger partial charge in [-0.3, -0.25) is 14.9 Å². The summed E-state index contributed by atoms with van der Waals surface area (Å²) < 4.78 is 13.3. The predicted molar refractivity (Wildman–Crippen MR) is 52.8 cm³/mol. The van der Waals surface area contributed by atoms with Crippen molar-refractivity contribution in [2.75, 3.05) is 5.33 Å². The van der Waals surface area contributed by atoms with Crippen LogP contribution < -0.4 is 0 Å². The van der Waals surface area contributed by atoms with Crippen molar-refractivity contribution in [3.05, 3.63) is 33.6 Å². The predicted octanol–water partition coefficient (Wildman–Crippen LogP) is 2.02. The van der Waals surface area contributed by atoms with Crippen molar-refractivity contribution in [3.8, 4) is 5.75 Å². The van der Waals surface area contributed by atoms with Gasteiger partial charge in [-0.2, -0.15) is 4.39 Å². The zero-order chi connectivity index (χ0) is 11.6. The minimum Gasteiger partial charge on any atom is -0.508 e. The lowest BCUT2D eigenvalue weighted by Crippen LogP contribution is -2.05. The molecular weight excluding hydrogens is 273 g/mol. The van der Waals surface area contributed by atoms with Gasteiger partial charge in [-0.25, -0.2) is 0 Å². The molecule has 0 aliphatic heterocycles. The topological polar surface area (TPSA) is 80.4 Å². The molecule has 80 valence electrons. The number of phenolic OH excluding ortho intramolecular Hbond substituents is 1. The zero-order valence-corrected chi connectivity index (χ0v) is 8.82. The number of nitro groups is 1. The lowest BCUT2D eigenvalue weighted by Gasteiger charge is -2.01. The quantitative estimate of drug-likeness (QED) is 0.397. The van der Waals surface area contributed by atoms with E-state index in [9.17, 15) is 19.3 Å². The molecule has 0 spiro atoms. The summed E-state index contributed by atoms with van der Waals surface area (Å²) in [5, 5.41) is 19.3. The number of hydrogen-bond acceptors (Lipinski definition) is 4. The highest BCUT2D eigenvalue weighted by Gasteiger charge is 2.23. The van der Waals surface area contributed by atoms with Gasteiger partial charge in [0.05, 0.1) is 21.9 Å². The number of carbonyl (C=O) groups excluding carboxylic acids is 1. The van der Waals surface area contributed by atoms with Crippen LogP contribution in [0, 0.1) is 15.9 Å². The molecule has 0 saturated heterocycles. The zero-order valence-electron chi connectivity index (χ0n) is 7.24. The first-order valence-electron chi connectivity index (χ1n) is 3.73. The molecule has 0 fully saturated rings. The van der Waals surface area contributed by atoms with Crippen molar-refractivity contribution in [2.45, 2.75) is 0 Å². The van der Waals surface area contributed by atoms with Gasteiger partial charge < -0.3 is 5.11 Å². The molecule has 7 heteroatoms. The summed E-state index contributed by atoms with van der Waals surface area (Å²) in [6.07, 6.45) is 0. The smallest absolute Gasteiger partial charge is 0.309 e. The molecule has 0 atom stereocenters. The van der Waals surface area contributed by atoms with Gasteiger partial charge in [-0.05, 0) is 6.07 Å². The number of alkyl halides is 1. The minimum absolute atomic E-state index is 0.176. The molecule has 1 rings (SSSR count). The third-order valence-electron chi connectivity index (χ3n) is 1.66. The molecule has 15 heavy (non-hydrogen) atoms. The van der Waals surface area contributed by atoms with Crippen LogP contribution in [0.2, 0.25) is 0 Å². The minimum atomic E-state index is -1.23. The molecule has 0 heterocycles. The van der Waals surface area contributed by atoms with E-state index in [1.54, 1.807) is 0 Å². The fourth-order valence-electron chi connectivity index (χ4n) is 1.00. The Morgan fingerprint density at radius 2 is 2.20 bits per heavy atom. The van der Waals surface area contributed by atoms with Crippen LogP contribution in [0.25, 0.3) is 0 Å². The standard InChI is InChI=1S/C8H5BrFNO4/c9-3-7(13)5-1-4(12)2-6(8(5)10)11(14)15/h1-2,12H,3H2. The molecule has 0 aliphatic carbocycles. The molecule has 0 bridgehead atoms. The molecule has 0 aromatic heterocycles. The Morgan fingerprint density at radius 3 is 2.67 bits per heavy atom. The molecule has 1 aromatic carbocycles. The fraction of sp³-hybridized carbons (Fsp3) is 0.125. The Hall–Kier alpha value is -1.50. The maximum absolute atomic E-state index is 13.3. The number of halogens is 2. The fourth-order valence-corrected chi connectivity index (χ4v) is 1.30. The third kappa shape index (κ3) is 2.30. The van der Waals surface area contributed by atoms with Gasteiger partial charge in [0.25, 0.3) is 0 Å². The lowest BCUT2D eigenvalue weighted by molar-refractivity contribution is -0.387. The van der Waals surface area contributed by atoms with Gasteiger partial charge in [-0.1, -0.05) is 15.9 Å². The van der Waals surface area contributed by atoms with Crippen molar-refractivity contribution in [3.63, 3.8) is 0 Å². The van der Waals surface area contributed by atoms with Crippen molar-refractivity contribution >= 4 is 27.4 Å². The van der Waals surface area contributed by atoms with Gasteiger partial charge in [0, 0.05) is 0 Å². The number of ketones is 1. The number of aromatic hydroxyl groups is 1. The second-order valence-electron chi connectivity index (χ2n) is 2.64. The van der Waals surface area contributed by atoms with E-state index in [0.29, 0.717) is 6.07 Å². The van der Waals surface area contributed by atoms with Gasteiger partial charge >= 0.3 is 5.69 Å². The molecule has 0 unspecified atom stereocenters. The first-order valence-corrected chi connectivity index (χ1v) is 4.85. The Kier molecular flexibility index (Phi) is 3.35. The number of rotatable bonds is 3. The Morgan fingerprint density at radius 1 is 1.60 bits per heavy atom. The summed E-state index contributed by atoms with van der Waals surface area (Å²) in [7, 11) is 0. The SMILES string of the molecule is O=C(CBr)c1cc(O)cc([N+](=O)[O-])c1F. The van der Waals surface area contributed by atoms with E-state index in [1.165, 1.54) is 0 Å². The average Bonchev–Trinajstić information content (AvgIpc) is 2.19. The average molecular weight is 278 g/mol. The van der Waals surface area contributed by atoms with E-state index < -0.39 is 33.5 Å². The molecule has 0 saturated carbocycles. The van der Waals surface area contributed by atoms with Crippen LogP contribution in [0.1, 0.15) is 10.4 Å². The van der Waals surface area contributed by atoms with E-state index in [1.807, 2.05) is 0 Å². The summed E-state index contributed by atoms with van der Waals surface area (Å²) in [6, 6.07) is 1.51. The summed E-state index contributed by atoms with van der Waals surface area (Å²) >= 11 is 2.80. The van der Waals surface area contributed by atoms with Crippen LogP contribution in [0.15, 0.2) is 12.1 Å². The number of nitrogens with zero attached hydrogens (tertiary/aromatic N) is 1. The van der Waals surface area contributed by atoms with E-state index in [2.05, 4.69) is 15.9 Å². The second-order valence-corrected chi connectivity index (χ2v) is 3.20. The summed E-state index contributed by atoms with van der Waals surface area (Å²) in [4.78, 5) is 20.5. The highest BCUT2D eigenvalue weighted by atomic mass is 79.9. The van der Waals surface area contributed by atoms with Crippen molar-refractivity contribution in [2.24, 2.45) is 0 Å². The van der Waals surface area contributed by atoms with E-state index in [0.717, 1.165) is 6.07 Å². The van der Waals surface area contributed by atoms with Crippen molar-refractivity contribution in [1.82, 2.24) is 0 Å². The molecule has 0 aliphatic rings. The first-order chi connectivity index (χ1) is 6.97. The number of phenols is 1. The Balaban J connectivity index is 3.41. The van der Waals surface area contributed by atoms with Crippen LogP contribution in [0.4, 0.5) is 10.1 Å². The summed E-state index contributed by atoms with van der Waals surface area (Å²) in [6.45, 7) is 0. The van der Waals surface area contributed by atoms with Crippen molar-refractivity contribution < 1.29 is 19.2 Å². The Bertz CT molecular complexity index is 435. The summed E-state index contributed by atoms with van der Waals surface area (Å²) in [5.41, 5.74) is -1.42. The number of hydrogen-bond donors (Lipinski definition) is 1. The van der Waals surface area contributed by atoms with Crippen LogP contribution in [-0.4, -0.2) is 21.1 Å². The van der Waals surface area contributed by atoms with E-state index >= 15 is 0 Å². The van der Waals surface area contributed by atoms with Crippen LogP contribution in [-0.2, 0) is 0 Å². The molecule has 0 amide bonds. The maximum Gasteiger partial charge on any atom is 0.309 e. The second kappa shape index (κ2) is 4.35. The monoisotopic (exact) mass is 277 g/mol. The maximum atomic E-state index is 13.3. The van der Waals surface area contributed by atoms with Crippen molar-refractivity contribution in [1.29, 1.82) is 0 Å². The van der Waals surface area contributed by atoms with E-state index in [4.69, 9.17) is 5.11 Å². The van der Waals surface area contributed by atoms with Gasteiger partial charge in [0.15, 0.2) is 5.78 Å². The van der Waals surface area contributed by atoms with Crippen LogP contribution >= 0.6 is 15.9 Å². The molecule has 5 nitrogen and oxygen atoms in total. The summed E-state index contributed by atoms with van der Waals surface area (Å²) in [5.74, 6) is -2.43. The van der Waals surface area contributed by atoms with Gasteiger partial charge in [0.1, 0.15) is 5.75 Å². The molecule has 1 N–H and O–H groups in total. The number of benzene rings is 1. The van der Waals surface area contributed by atoms with E-state index in [-0.39, 0.29) is 5.33 Å². The molecule has 1 aromatic rings. The third-order valence-corrected chi connectivity index (χ3v) is 2.17. The van der Waals surface area contributed by atoms with Gasteiger partial charge in [-0.15, -0.1) is 0 Å². The molecular formula is C8H5BrFNO4. The molecule has 0 radical (unpaired) electrons. The lowest BCUT2D eigenvalue weighted by atomic mass is 10.1. The largest absolute Gasteiger partial charge is 0.508 e. The highest BCUT2D eigenvalue weighted by Crippen LogP contribution is 2.26. The van der Waals surface area contributed by atoms with Crippen LogP contribution in [0.5, 0.6) is 5.75 Å². The normalized spacial score (nSPS) is 10.0. The Labute approximate surface area is 91.8 Å². The van der Waals surface area contributed by atoms with Gasteiger partial charge in [0.2, 0.25) is 5.82 Å². The number of carbonyl (C=O) groups is 1. The number of Topliss-reactive ketones (excluding diaryl/α,β-unsaturated/α-hetero) is 1. The van der Waals surface area contributed by atoms with Crippen LogP contribution in [0.3, 0.4) is 0 Å². The highest BCUT2D eigenvalue weighted by molar-refractivity contribution is 9.09. The first kappa shape index (κ1) is 11.6.